The van der Waals surface area contributed by atoms with Crippen LogP contribution in [0.5, 0.6) is 5.75 Å². The van der Waals surface area contributed by atoms with E-state index in [1.807, 2.05) is 26.8 Å². The summed E-state index contributed by atoms with van der Waals surface area (Å²) in [7, 11) is 2.13. The number of rotatable bonds is 4. The van der Waals surface area contributed by atoms with Crippen molar-refractivity contribution < 1.29 is 14.6 Å². The molecule has 1 amide bonds. The molecule has 0 aromatic heterocycles. The zero-order valence-electron chi connectivity index (χ0n) is 20.9. The minimum atomic E-state index is -0.479. The third kappa shape index (κ3) is 3.31. The van der Waals surface area contributed by atoms with Gasteiger partial charge in [-0.2, -0.15) is 0 Å². The largest absolute Gasteiger partial charge is 0.508 e. The summed E-state index contributed by atoms with van der Waals surface area (Å²) < 4.78 is 5.43. The highest BCUT2D eigenvalue weighted by atomic mass is 16.6. The van der Waals surface area contributed by atoms with E-state index in [-0.39, 0.29) is 16.9 Å². The van der Waals surface area contributed by atoms with Crippen LogP contribution in [0.15, 0.2) is 18.2 Å². The lowest BCUT2D eigenvalue weighted by atomic mass is 9.45. The number of carbonyl (C=O) groups is 1. The topological polar surface area (TPSA) is 73.8 Å². The van der Waals surface area contributed by atoms with Gasteiger partial charge in [-0.1, -0.05) is 6.07 Å². The minimum Gasteiger partial charge on any atom is -0.508 e. The lowest BCUT2D eigenvalue weighted by molar-refractivity contribution is -0.106. The van der Waals surface area contributed by atoms with Gasteiger partial charge in [-0.25, -0.2) is 4.79 Å². The summed E-state index contributed by atoms with van der Waals surface area (Å²) in [6.45, 7) is 10.6. The number of phenols is 1. The van der Waals surface area contributed by atoms with Crippen molar-refractivity contribution in [2.24, 2.45) is 17.3 Å². The Kier molecular flexibility index (Phi) is 5.48. The zero-order chi connectivity index (χ0) is 23.6. The third-order valence-corrected chi connectivity index (χ3v) is 9.59. The molecule has 6 nitrogen and oxygen atoms in total. The van der Waals surface area contributed by atoms with Crippen LogP contribution in [0.4, 0.5) is 4.79 Å². The maximum atomic E-state index is 12.2. The summed E-state index contributed by atoms with van der Waals surface area (Å²) in [5.74, 6) is 1.58. The van der Waals surface area contributed by atoms with Crippen LogP contribution >= 0.6 is 0 Å². The molecule has 5 rings (SSSR count). The van der Waals surface area contributed by atoms with Gasteiger partial charge in [0.05, 0.1) is 0 Å². The monoisotopic (exact) mass is 455 g/mol. The van der Waals surface area contributed by atoms with Crippen molar-refractivity contribution in [3.63, 3.8) is 0 Å². The van der Waals surface area contributed by atoms with E-state index in [0.717, 1.165) is 19.5 Å². The molecule has 6 heteroatoms. The zero-order valence-corrected chi connectivity index (χ0v) is 20.9. The number of alkyl carbamates (subject to hydrolysis) is 1. The van der Waals surface area contributed by atoms with E-state index in [4.69, 9.17) is 4.74 Å². The number of amides is 1. The molecule has 6 unspecified atom stereocenters. The Bertz CT molecular complexity index is 928. The van der Waals surface area contributed by atoms with E-state index < -0.39 is 5.60 Å². The van der Waals surface area contributed by atoms with Crippen molar-refractivity contribution in [3.8, 4) is 5.75 Å². The third-order valence-electron chi connectivity index (χ3n) is 9.59. The highest BCUT2D eigenvalue weighted by molar-refractivity contribution is 5.67. The van der Waals surface area contributed by atoms with Gasteiger partial charge in [-0.05, 0) is 107 Å². The molecule has 1 spiro atoms. The Labute approximate surface area is 198 Å². The second-order valence-electron chi connectivity index (χ2n) is 11.9. The Balaban J connectivity index is 1.44. The van der Waals surface area contributed by atoms with Gasteiger partial charge in [-0.3, -0.25) is 4.90 Å². The van der Waals surface area contributed by atoms with Gasteiger partial charge >= 0.3 is 6.09 Å². The number of nitrogens with zero attached hydrogens (tertiary/aromatic N) is 1. The van der Waals surface area contributed by atoms with E-state index >= 15 is 0 Å². The van der Waals surface area contributed by atoms with Crippen LogP contribution in [0.3, 0.4) is 0 Å². The number of aromatic hydroxyl groups is 1. The number of piperidine rings is 1. The van der Waals surface area contributed by atoms with E-state index in [1.54, 1.807) is 0 Å². The first-order valence-corrected chi connectivity index (χ1v) is 12.8. The van der Waals surface area contributed by atoms with Crippen molar-refractivity contribution >= 4 is 6.09 Å². The molecule has 6 atom stereocenters. The van der Waals surface area contributed by atoms with E-state index in [9.17, 15) is 9.90 Å². The average Bonchev–Trinajstić information content (AvgIpc) is 3.17. The molecule has 2 bridgehead atoms. The second-order valence-corrected chi connectivity index (χ2v) is 11.9. The summed E-state index contributed by atoms with van der Waals surface area (Å²) in [5.41, 5.74) is 2.76. The predicted octanol–water partition coefficient (Wildman–Crippen LogP) is 3.81. The van der Waals surface area contributed by atoms with Crippen molar-refractivity contribution in [2.75, 3.05) is 26.7 Å². The van der Waals surface area contributed by atoms with Crippen LogP contribution < -0.4 is 10.6 Å². The van der Waals surface area contributed by atoms with Crippen LogP contribution in [-0.2, 0) is 16.6 Å². The molecular formula is C27H41N3O3. The SMILES string of the molecule is CNC1CCC23CCC1C21c2cc(O)ccc2CC1CN(CCNC(=O)OC(C)(C)C)C3C. The number of likely N-dealkylation sites (tertiary alicyclic amines) is 1. The molecule has 1 heterocycles. The van der Waals surface area contributed by atoms with Crippen LogP contribution in [0.1, 0.15) is 64.5 Å². The molecule has 0 radical (unpaired) electrons. The van der Waals surface area contributed by atoms with E-state index in [0.29, 0.717) is 36.2 Å². The van der Waals surface area contributed by atoms with Gasteiger partial charge in [0.15, 0.2) is 0 Å². The summed E-state index contributed by atoms with van der Waals surface area (Å²) >= 11 is 0. The molecule has 3 fully saturated rings. The lowest BCUT2D eigenvalue weighted by Crippen LogP contribution is -2.69. The van der Waals surface area contributed by atoms with Crippen molar-refractivity contribution in [1.82, 2.24) is 15.5 Å². The van der Waals surface area contributed by atoms with Gasteiger partial charge in [0.2, 0.25) is 0 Å². The Hall–Kier alpha value is -1.79. The summed E-state index contributed by atoms with van der Waals surface area (Å²) in [6.07, 6.45) is 5.70. The number of fused-ring (bicyclic) bond motifs is 1. The van der Waals surface area contributed by atoms with Crippen molar-refractivity contribution in [3.05, 3.63) is 29.3 Å². The Morgan fingerprint density at radius 2 is 2.03 bits per heavy atom. The average molecular weight is 456 g/mol. The summed E-state index contributed by atoms with van der Waals surface area (Å²) in [5, 5.41) is 17.1. The predicted molar refractivity (Wildman–Crippen MR) is 129 cm³/mol. The van der Waals surface area contributed by atoms with Gasteiger partial charge in [-0.15, -0.1) is 0 Å². The first kappa shape index (κ1) is 23.0. The van der Waals surface area contributed by atoms with E-state index in [2.05, 4.69) is 41.6 Å². The highest BCUT2D eigenvalue weighted by Gasteiger charge is 2.73. The number of nitrogens with one attached hydrogen (secondary N) is 2. The fourth-order valence-electron chi connectivity index (χ4n) is 8.64. The van der Waals surface area contributed by atoms with Gasteiger partial charge in [0, 0.05) is 37.1 Å². The fraction of sp³-hybridized carbons (Fsp3) is 0.741. The number of carbonyl (C=O) groups excluding carboxylic acids is 1. The maximum Gasteiger partial charge on any atom is 0.407 e. The van der Waals surface area contributed by atoms with Crippen LogP contribution in [-0.4, -0.2) is 60.5 Å². The molecule has 4 aliphatic rings. The molecule has 1 saturated heterocycles. The fourth-order valence-corrected chi connectivity index (χ4v) is 8.64. The number of ether oxygens (including phenoxy) is 1. The van der Waals surface area contributed by atoms with Crippen molar-refractivity contribution in [1.29, 1.82) is 0 Å². The first-order chi connectivity index (χ1) is 15.6. The molecule has 1 aromatic carbocycles. The highest BCUT2D eigenvalue weighted by Crippen LogP contribution is 2.73. The van der Waals surface area contributed by atoms with E-state index in [1.165, 1.54) is 36.8 Å². The summed E-state index contributed by atoms with van der Waals surface area (Å²) in [6, 6.07) is 7.13. The van der Waals surface area contributed by atoms with Crippen LogP contribution in [0, 0.1) is 17.3 Å². The molecule has 3 aliphatic carbocycles. The standard InChI is InChI=1S/C27H41N3O3/c1-17-26-10-8-21(23(28-5)9-11-26)27(26)19(14-18-6-7-20(31)15-22(18)27)16-30(17)13-12-29-24(32)33-25(2,3)4/h6-7,15,17,19,21,23,28,31H,8-14,16H2,1-5H3,(H,29,32). The van der Waals surface area contributed by atoms with Gasteiger partial charge in [0.25, 0.3) is 0 Å². The normalized spacial score (nSPS) is 37.2. The van der Waals surface area contributed by atoms with Crippen LogP contribution in [0.25, 0.3) is 0 Å². The quantitative estimate of drug-likeness (QED) is 0.644. The van der Waals surface area contributed by atoms with Gasteiger partial charge < -0.3 is 20.5 Å². The molecule has 2 saturated carbocycles. The Morgan fingerprint density at radius 3 is 2.76 bits per heavy atom. The molecule has 182 valence electrons. The Morgan fingerprint density at radius 1 is 1.27 bits per heavy atom. The summed E-state index contributed by atoms with van der Waals surface area (Å²) in [4.78, 5) is 14.8. The minimum absolute atomic E-state index is 0.140. The molecule has 3 N–H and O–H groups in total. The smallest absolute Gasteiger partial charge is 0.407 e. The van der Waals surface area contributed by atoms with Gasteiger partial charge in [0.1, 0.15) is 11.4 Å². The molecular weight excluding hydrogens is 414 g/mol. The maximum absolute atomic E-state index is 12.2. The second kappa shape index (κ2) is 7.88. The van der Waals surface area contributed by atoms with Crippen molar-refractivity contribution in [2.45, 2.75) is 82.9 Å². The number of hydrogen-bond acceptors (Lipinski definition) is 5. The van der Waals surface area contributed by atoms with Crippen LogP contribution in [0.2, 0.25) is 0 Å². The number of hydrogen-bond donors (Lipinski definition) is 3. The lowest BCUT2D eigenvalue weighted by Gasteiger charge is -2.64. The first-order valence-electron chi connectivity index (χ1n) is 12.8. The number of benzene rings is 1. The molecule has 1 aliphatic heterocycles. The molecule has 1 aromatic rings. The molecule has 33 heavy (non-hydrogen) atoms. The number of phenolic OH excluding ortho intramolecular Hbond substituents is 1.